The first-order valence-electron chi connectivity index (χ1n) is 6.35. The predicted molar refractivity (Wildman–Crippen MR) is 69.4 cm³/mol. The molecular formula is C14H21NO2. The minimum atomic E-state index is -0.130. The first-order chi connectivity index (χ1) is 8.29. The molecule has 1 aromatic carbocycles. The molecule has 0 aromatic heterocycles. The highest BCUT2D eigenvalue weighted by molar-refractivity contribution is 5.46. The van der Waals surface area contributed by atoms with E-state index in [1.807, 2.05) is 24.3 Å². The molecule has 2 atom stereocenters. The molecule has 2 N–H and O–H groups in total. The van der Waals surface area contributed by atoms with Crippen LogP contribution < -0.4 is 10.1 Å². The van der Waals surface area contributed by atoms with Gasteiger partial charge in [-0.05, 0) is 37.1 Å². The second kappa shape index (κ2) is 5.92. The van der Waals surface area contributed by atoms with Crippen LogP contribution >= 0.6 is 0 Å². The molecule has 94 valence electrons. The lowest BCUT2D eigenvalue weighted by Crippen LogP contribution is -2.30. The third kappa shape index (κ3) is 3.37. The van der Waals surface area contributed by atoms with E-state index in [4.69, 9.17) is 4.74 Å². The maximum atomic E-state index is 9.87. The number of hydrogen-bond acceptors (Lipinski definition) is 3. The Morgan fingerprint density at radius 2 is 1.94 bits per heavy atom. The molecule has 0 bridgehead atoms. The van der Waals surface area contributed by atoms with Gasteiger partial charge in [-0.15, -0.1) is 0 Å². The summed E-state index contributed by atoms with van der Waals surface area (Å²) in [6.45, 7) is 0.855. The van der Waals surface area contributed by atoms with E-state index in [-0.39, 0.29) is 6.10 Å². The maximum Gasteiger partial charge on any atom is 0.119 e. The summed E-state index contributed by atoms with van der Waals surface area (Å²) < 4.78 is 5.11. The molecular weight excluding hydrogens is 214 g/mol. The fraction of sp³-hybridized carbons (Fsp3) is 0.571. The van der Waals surface area contributed by atoms with Crippen LogP contribution in [0.15, 0.2) is 24.3 Å². The number of nitrogens with one attached hydrogen (secondary N) is 1. The molecule has 1 aromatic rings. The smallest absolute Gasteiger partial charge is 0.119 e. The number of hydrogen-bond donors (Lipinski definition) is 2. The van der Waals surface area contributed by atoms with Gasteiger partial charge >= 0.3 is 0 Å². The van der Waals surface area contributed by atoms with E-state index in [2.05, 4.69) is 5.32 Å². The molecule has 2 rings (SSSR count). The van der Waals surface area contributed by atoms with E-state index in [9.17, 15) is 5.11 Å². The Bertz CT molecular complexity index is 337. The zero-order valence-electron chi connectivity index (χ0n) is 10.4. The van der Waals surface area contributed by atoms with Crippen LogP contribution in [-0.2, 0) is 0 Å². The summed E-state index contributed by atoms with van der Waals surface area (Å²) in [5.41, 5.74) is 1.09. The SMILES string of the molecule is COc1ccc(NC[C@@H]2CCCCC2O)cc1. The van der Waals surface area contributed by atoms with Crippen molar-refractivity contribution >= 4 is 5.69 Å². The van der Waals surface area contributed by atoms with Crippen LogP contribution in [-0.4, -0.2) is 24.9 Å². The Morgan fingerprint density at radius 1 is 1.24 bits per heavy atom. The Labute approximate surface area is 103 Å². The molecule has 3 nitrogen and oxygen atoms in total. The van der Waals surface area contributed by atoms with Crippen molar-refractivity contribution in [1.29, 1.82) is 0 Å². The molecule has 1 unspecified atom stereocenters. The van der Waals surface area contributed by atoms with Crippen molar-refractivity contribution in [2.45, 2.75) is 31.8 Å². The normalized spacial score (nSPS) is 24.4. The van der Waals surface area contributed by atoms with Crippen LogP contribution in [0.25, 0.3) is 0 Å². The van der Waals surface area contributed by atoms with Crippen molar-refractivity contribution in [3.05, 3.63) is 24.3 Å². The molecule has 1 aliphatic carbocycles. The Morgan fingerprint density at radius 3 is 2.59 bits per heavy atom. The van der Waals surface area contributed by atoms with Gasteiger partial charge in [0.2, 0.25) is 0 Å². The summed E-state index contributed by atoms with van der Waals surface area (Å²) >= 11 is 0. The van der Waals surface area contributed by atoms with E-state index in [1.54, 1.807) is 7.11 Å². The van der Waals surface area contributed by atoms with E-state index in [0.29, 0.717) is 5.92 Å². The van der Waals surface area contributed by atoms with E-state index < -0.39 is 0 Å². The van der Waals surface area contributed by atoms with Gasteiger partial charge in [0.05, 0.1) is 13.2 Å². The van der Waals surface area contributed by atoms with Crippen molar-refractivity contribution < 1.29 is 9.84 Å². The highest BCUT2D eigenvalue weighted by Crippen LogP contribution is 2.25. The summed E-state index contributed by atoms with van der Waals surface area (Å²) in [5, 5.41) is 13.2. The summed E-state index contributed by atoms with van der Waals surface area (Å²) in [6.07, 6.45) is 4.36. The number of rotatable bonds is 4. The number of aliphatic hydroxyl groups excluding tert-OH is 1. The average molecular weight is 235 g/mol. The van der Waals surface area contributed by atoms with Crippen LogP contribution in [0.1, 0.15) is 25.7 Å². The van der Waals surface area contributed by atoms with Gasteiger partial charge in [0.15, 0.2) is 0 Å². The van der Waals surface area contributed by atoms with Crippen LogP contribution in [0.5, 0.6) is 5.75 Å². The topological polar surface area (TPSA) is 41.5 Å². The van der Waals surface area contributed by atoms with E-state index in [0.717, 1.165) is 30.8 Å². The van der Waals surface area contributed by atoms with E-state index in [1.165, 1.54) is 12.8 Å². The monoisotopic (exact) mass is 235 g/mol. The van der Waals surface area contributed by atoms with Crippen LogP contribution in [0.4, 0.5) is 5.69 Å². The molecule has 1 saturated carbocycles. The third-order valence-electron chi connectivity index (χ3n) is 3.53. The first kappa shape index (κ1) is 12.2. The van der Waals surface area contributed by atoms with Gasteiger partial charge < -0.3 is 15.2 Å². The number of benzene rings is 1. The van der Waals surface area contributed by atoms with Gasteiger partial charge in [0.1, 0.15) is 5.75 Å². The molecule has 1 fully saturated rings. The van der Waals surface area contributed by atoms with Crippen LogP contribution in [0, 0.1) is 5.92 Å². The largest absolute Gasteiger partial charge is 0.497 e. The van der Waals surface area contributed by atoms with Crippen molar-refractivity contribution in [2.24, 2.45) is 5.92 Å². The van der Waals surface area contributed by atoms with Crippen LogP contribution in [0.2, 0.25) is 0 Å². The summed E-state index contributed by atoms with van der Waals surface area (Å²) in [6, 6.07) is 7.90. The Kier molecular flexibility index (Phi) is 4.26. The number of aliphatic hydroxyl groups is 1. The minimum Gasteiger partial charge on any atom is -0.497 e. The van der Waals surface area contributed by atoms with Gasteiger partial charge in [0.25, 0.3) is 0 Å². The summed E-state index contributed by atoms with van der Waals surface area (Å²) in [4.78, 5) is 0. The zero-order chi connectivity index (χ0) is 12.1. The van der Waals surface area contributed by atoms with Crippen molar-refractivity contribution in [2.75, 3.05) is 19.0 Å². The standard InChI is InChI=1S/C14H21NO2/c1-17-13-8-6-12(7-9-13)15-10-11-4-2-3-5-14(11)16/h6-9,11,14-16H,2-5,10H2,1H3/t11-,14?/m0/s1. The maximum absolute atomic E-state index is 9.87. The second-order valence-corrected chi connectivity index (χ2v) is 4.72. The highest BCUT2D eigenvalue weighted by atomic mass is 16.5. The molecule has 0 amide bonds. The molecule has 0 aliphatic heterocycles. The Hall–Kier alpha value is -1.22. The average Bonchev–Trinajstić information content (AvgIpc) is 2.38. The van der Waals surface area contributed by atoms with Gasteiger partial charge in [0, 0.05) is 18.2 Å². The number of anilines is 1. The first-order valence-corrected chi connectivity index (χ1v) is 6.35. The highest BCUT2D eigenvalue weighted by Gasteiger charge is 2.22. The van der Waals surface area contributed by atoms with Crippen molar-refractivity contribution in [3.63, 3.8) is 0 Å². The minimum absolute atomic E-state index is 0.130. The van der Waals surface area contributed by atoms with Crippen molar-refractivity contribution in [3.8, 4) is 5.75 Å². The second-order valence-electron chi connectivity index (χ2n) is 4.72. The lowest BCUT2D eigenvalue weighted by Gasteiger charge is -2.28. The fourth-order valence-corrected chi connectivity index (χ4v) is 2.38. The van der Waals surface area contributed by atoms with Crippen LogP contribution in [0.3, 0.4) is 0 Å². The number of ether oxygens (including phenoxy) is 1. The lowest BCUT2D eigenvalue weighted by molar-refractivity contribution is 0.0763. The van der Waals surface area contributed by atoms with Gasteiger partial charge in [-0.2, -0.15) is 0 Å². The summed E-state index contributed by atoms with van der Waals surface area (Å²) in [7, 11) is 1.67. The molecule has 17 heavy (non-hydrogen) atoms. The zero-order valence-corrected chi connectivity index (χ0v) is 10.4. The van der Waals surface area contributed by atoms with E-state index >= 15 is 0 Å². The molecule has 0 heterocycles. The van der Waals surface area contributed by atoms with Gasteiger partial charge in [-0.3, -0.25) is 0 Å². The summed E-state index contributed by atoms with van der Waals surface area (Å²) in [5.74, 6) is 1.26. The fourth-order valence-electron chi connectivity index (χ4n) is 2.38. The van der Waals surface area contributed by atoms with Gasteiger partial charge in [-0.25, -0.2) is 0 Å². The molecule has 1 aliphatic rings. The van der Waals surface area contributed by atoms with Gasteiger partial charge in [-0.1, -0.05) is 12.8 Å². The lowest BCUT2D eigenvalue weighted by atomic mass is 9.86. The molecule has 0 spiro atoms. The molecule has 0 saturated heterocycles. The quantitative estimate of drug-likeness (QED) is 0.843. The van der Waals surface area contributed by atoms with Crippen molar-refractivity contribution in [1.82, 2.24) is 0 Å². The molecule has 3 heteroatoms. The number of methoxy groups -OCH3 is 1. The molecule has 0 radical (unpaired) electrons. The predicted octanol–water partition coefficient (Wildman–Crippen LogP) is 2.66. The Balaban J connectivity index is 1.84. The third-order valence-corrected chi connectivity index (χ3v) is 3.53.